The molecule has 5 heteroatoms. The van der Waals surface area contributed by atoms with Gasteiger partial charge in [0.2, 0.25) is 0 Å². The maximum absolute atomic E-state index is 5.84. The SMILES string of the molecule is CC(C)NCc1ccc(N2CCOC3CCCC32)nn1. The van der Waals surface area contributed by atoms with Crippen molar-refractivity contribution in [1.82, 2.24) is 15.5 Å². The Bertz CT molecular complexity index is 434. The quantitative estimate of drug-likeness (QED) is 0.907. The second-order valence-corrected chi connectivity index (χ2v) is 6.02. The molecule has 1 aromatic heterocycles. The van der Waals surface area contributed by atoms with Gasteiger partial charge in [-0.2, -0.15) is 5.10 Å². The maximum Gasteiger partial charge on any atom is 0.151 e. The Kier molecular flexibility index (Phi) is 4.17. The Morgan fingerprint density at radius 2 is 2.25 bits per heavy atom. The Morgan fingerprint density at radius 1 is 1.35 bits per heavy atom. The Balaban J connectivity index is 1.67. The average molecular weight is 276 g/mol. The minimum atomic E-state index is 0.396. The molecule has 1 saturated carbocycles. The van der Waals surface area contributed by atoms with Gasteiger partial charge in [-0.25, -0.2) is 0 Å². The molecule has 0 aromatic carbocycles. The van der Waals surface area contributed by atoms with Crippen molar-refractivity contribution in [3.05, 3.63) is 17.8 Å². The molecule has 1 aliphatic carbocycles. The number of ether oxygens (including phenoxy) is 1. The van der Waals surface area contributed by atoms with Gasteiger partial charge in [-0.1, -0.05) is 13.8 Å². The first-order valence-corrected chi connectivity index (χ1v) is 7.68. The van der Waals surface area contributed by atoms with E-state index < -0.39 is 0 Å². The first-order valence-electron chi connectivity index (χ1n) is 7.68. The Labute approximate surface area is 120 Å². The lowest BCUT2D eigenvalue weighted by atomic mass is 10.1. The standard InChI is InChI=1S/C15H24N4O/c1-11(2)16-10-12-6-7-15(18-17-12)19-8-9-20-14-5-3-4-13(14)19/h6-7,11,13-14,16H,3-5,8-10H2,1-2H3. The number of nitrogens with zero attached hydrogens (tertiary/aromatic N) is 3. The van der Waals surface area contributed by atoms with Crippen LogP contribution in [0.25, 0.3) is 0 Å². The third-order valence-electron chi connectivity index (χ3n) is 4.17. The topological polar surface area (TPSA) is 50.3 Å². The fourth-order valence-electron chi connectivity index (χ4n) is 3.12. The lowest BCUT2D eigenvalue weighted by Crippen LogP contribution is -2.49. The van der Waals surface area contributed by atoms with Crippen LogP contribution in [0.4, 0.5) is 5.82 Å². The number of morpholine rings is 1. The molecule has 0 bridgehead atoms. The highest BCUT2D eigenvalue weighted by Crippen LogP contribution is 2.31. The van der Waals surface area contributed by atoms with Crippen LogP contribution in [-0.2, 0) is 11.3 Å². The van der Waals surface area contributed by atoms with E-state index in [0.29, 0.717) is 18.2 Å². The van der Waals surface area contributed by atoms with Gasteiger partial charge in [-0.3, -0.25) is 0 Å². The van der Waals surface area contributed by atoms with E-state index in [9.17, 15) is 0 Å². The zero-order valence-corrected chi connectivity index (χ0v) is 12.4. The summed E-state index contributed by atoms with van der Waals surface area (Å²) in [5, 5.41) is 12.1. The predicted octanol–water partition coefficient (Wildman–Crippen LogP) is 1.73. The van der Waals surface area contributed by atoms with E-state index in [2.05, 4.69) is 46.4 Å². The highest BCUT2D eigenvalue weighted by molar-refractivity contribution is 5.40. The fraction of sp³-hybridized carbons (Fsp3) is 0.733. The molecule has 2 unspecified atom stereocenters. The summed E-state index contributed by atoms with van der Waals surface area (Å²) in [6, 6.07) is 5.15. The normalized spacial score (nSPS) is 26.1. The van der Waals surface area contributed by atoms with Gasteiger partial charge in [0, 0.05) is 19.1 Å². The summed E-state index contributed by atoms with van der Waals surface area (Å²) in [7, 11) is 0. The van der Waals surface area contributed by atoms with E-state index in [0.717, 1.165) is 31.2 Å². The van der Waals surface area contributed by atoms with Gasteiger partial charge in [-0.15, -0.1) is 5.10 Å². The third kappa shape index (κ3) is 2.94. The van der Waals surface area contributed by atoms with Crippen LogP contribution in [-0.4, -0.2) is 41.5 Å². The van der Waals surface area contributed by atoms with Crippen LogP contribution in [0.15, 0.2) is 12.1 Å². The molecule has 110 valence electrons. The van der Waals surface area contributed by atoms with Crippen molar-refractivity contribution in [3.8, 4) is 0 Å². The molecular formula is C15H24N4O. The molecule has 20 heavy (non-hydrogen) atoms. The van der Waals surface area contributed by atoms with Crippen molar-refractivity contribution in [3.63, 3.8) is 0 Å². The lowest BCUT2D eigenvalue weighted by Gasteiger charge is -2.38. The van der Waals surface area contributed by atoms with Gasteiger partial charge in [0.05, 0.1) is 24.4 Å². The van der Waals surface area contributed by atoms with Crippen molar-refractivity contribution < 1.29 is 4.74 Å². The van der Waals surface area contributed by atoms with Crippen LogP contribution in [0, 0.1) is 0 Å². The summed E-state index contributed by atoms with van der Waals surface area (Å²) in [6.45, 7) is 6.78. The summed E-state index contributed by atoms with van der Waals surface area (Å²) < 4.78 is 5.84. The van der Waals surface area contributed by atoms with Gasteiger partial charge < -0.3 is 15.0 Å². The minimum absolute atomic E-state index is 0.396. The molecule has 2 heterocycles. The Morgan fingerprint density at radius 3 is 3.00 bits per heavy atom. The first kappa shape index (κ1) is 13.8. The summed E-state index contributed by atoms with van der Waals surface area (Å²) >= 11 is 0. The van der Waals surface area contributed by atoms with Crippen molar-refractivity contribution in [1.29, 1.82) is 0 Å². The van der Waals surface area contributed by atoms with Gasteiger partial charge in [-0.05, 0) is 31.4 Å². The zero-order valence-electron chi connectivity index (χ0n) is 12.4. The van der Waals surface area contributed by atoms with Crippen molar-refractivity contribution >= 4 is 5.82 Å². The molecule has 2 fully saturated rings. The molecule has 2 atom stereocenters. The number of rotatable bonds is 4. The lowest BCUT2D eigenvalue weighted by molar-refractivity contribution is 0.0252. The molecule has 1 N–H and O–H groups in total. The van der Waals surface area contributed by atoms with E-state index in [1.807, 2.05) is 0 Å². The highest BCUT2D eigenvalue weighted by Gasteiger charge is 2.36. The second-order valence-electron chi connectivity index (χ2n) is 6.02. The minimum Gasteiger partial charge on any atom is -0.374 e. The van der Waals surface area contributed by atoms with Crippen molar-refractivity contribution in [2.45, 2.75) is 57.8 Å². The zero-order chi connectivity index (χ0) is 13.9. The predicted molar refractivity (Wildman–Crippen MR) is 78.7 cm³/mol. The van der Waals surface area contributed by atoms with Gasteiger partial charge in [0.15, 0.2) is 5.82 Å². The van der Waals surface area contributed by atoms with Gasteiger partial charge in [0.1, 0.15) is 0 Å². The molecular weight excluding hydrogens is 252 g/mol. The third-order valence-corrected chi connectivity index (χ3v) is 4.17. The van der Waals surface area contributed by atoms with Crippen LogP contribution in [0.1, 0.15) is 38.8 Å². The molecule has 0 spiro atoms. The van der Waals surface area contributed by atoms with E-state index in [1.165, 1.54) is 19.3 Å². The molecule has 2 aliphatic rings. The Hall–Kier alpha value is -1.20. The molecule has 1 saturated heterocycles. The first-order chi connectivity index (χ1) is 9.74. The molecule has 0 amide bonds. The molecule has 0 radical (unpaired) electrons. The monoisotopic (exact) mass is 276 g/mol. The molecule has 3 rings (SSSR count). The van der Waals surface area contributed by atoms with Gasteiger partial charge in [0.25, 0.3) is 0 Å². The van der Waals surface area contributed by atoms with Crippen molar-refractivity contribution in [2.75, 3.05) is 18.1 Å². The number of aromatic nitrogens is 2. The maximum atomic E-state index is 5.84. The summed E-state index contributed by atoms with van der Waals surface area (Å²) in [6.07, 6.45) is 4.05. The smallest absolute Gasteiger partial charge is 0.151 e. The second kappa shape index (κ2) is 6.06. The van der Waals surface area contributed by atoms with E-state index in [4.69, 9.17) is 4.74 Å². The molecule has 5 nitrogen and oxygen atoms in total. The van der Waals surface area contributed by atoms with Crippen LogP contribution < -0.4 is 10.2 Å². The number of hydrogen-bond donors (Lipinski definition) is 1. The van der Waals surface area contributed by atoms with E-state index >= 15 is 0 Å². The number of nitrogens with one attached hydrogen (secondary N) is 1. The summed E-state index contributed by atoms with van der Waals surface area (Å²) in [4.78, 5) is 2.38. The number of hydrogen-bond acceptors (Lipinski definition) is 5. The van der Waals surface area contributed by atoms with Gasteiger partial charge >= 0.3 is 0 Å². The fourth-order valence-corrected chi connectivity index (χ4v) is 3.12. The van der Waals surface area contributed by atoms with Crippen LogP contribution >= 0.6 is 0 Å². The van der Waals surface area contributed by atoms with E-state index in [-0.39, 0.29) is 0 Å². The highest BCUT2D eigenvalue weighted by atomic mass is 16.5. The van der Waals surface area contributed by atoms with Crippen LogP contribution in [0.3, 0.4) is 0 Å². The average Bonchev–Trinajstić information content (AvgIpc) is 2.94. The molecule has 1 aliphatic heterocycles. The largest absolute Gasteiger partial charge is 0.374 e. The van der Waals surface area contributed by atoms with Crippen LogP contribution in [0.5, 0.6) is 0 Å². The molecule has 1 aromatic rings. The summed E-state index contributed by atoms with van der Waals surface area (Å²) in [5.41, 5.74) is 0.999. The summed E-state index contributed by atoms with van der Waals surface area (Å²) in [5.74, 6) is 0.999. The van der Waals surface area contributed by atoms with Crippen molar-refractivity contribution in [2.24, 2.45) is 0 Å². The van der Waals surface area contributed by atoms with E-state index in [1.54, 1.807) is 0 Å². The number of fused-ring (bicyclic) bond motifs is 1. The number of anilines is 1. The van der Waals surface area contributed by atoms with Crippen LogP contribution in [0.2, 0.25) is 0 Å².